The van der Waals surface area contributed by atoms with E-state index >= 15 is 0 Å². The number of carbonyl (C=O) groups is 1. The minimum absolute atomic E-state index is 0.0556. The first kappa shape index (κ1) is 17.7. The van der Waals surface area contributed by atoms with E-state index in [-0.39, 0.29) is 18.0 Å². The van der Waals surface area contributed by atoms with Crippen LogP contribution in [0.1, 0.15) is 5.56 Å². The fraction of sp³-hybridized carbons (Fsp3) is 0.143. The standard InChI is InChI=1S/C21H19N5O2/c1-24(12-16-11-23-26(13-16)17-7-3-2-4-8-17)20(27)14-25-15-22-19-10-6-5-9-18(19)21(25)28/h2-11,13,15H,12,14H2,1H3. The molecule has 0 unspecified atom stereocenters. The van der Waals surface area contributed by atoms with Crippen LogP contribution in [0.15, 0.2) is 78.1 Å². The lowest BCUT2D eigenvalue weighted by Crippen LogP contribution is -2.33. The van der Waals surface area contributed by atoms with Crippen molar-refractivity contribution in [3.63, 3.8) is 0 Å². The molecule has 2 aromatic carbocycles. The van der Waals surface area contributed by atoms with Gasteiger partial charge < -0.3 is 4.90 Å². The Balaban J connectivity index is 1.47. The number of carbonyl (C=O) groups excluding carboxylic acids is 1. The number of benzene rings is 2. The molecule has 4 rings (SSSR count). The summed E-state index contributed by atoms with van der Waals surface area (Å²) in [7, 11) is 1.71. The first-order chi connectivity index (χ1) is 13.6. The van der Waals surface area contributed by atoms with E-state index in [2.05, 4.69) is 10.1 Å². The van der Waals surface area contributed by atoms with Crippen molar-refractivity contribution in [3.05, 3.63) is 89.2 Å². The quantitative estimate of drug-likeness (QED) is 0.538. The Morgan fingerprint density at radius 2 is 1.82 bits per heavy atom. The fourth-order valence-corrected chi connectivity index (χ4v) is 3.01. The second-order valence-corrected chi connectivity index (χ2v) is 6.57. The van der Waals surface area contributed by atoms with E-state index < -0.39 is 0 Å². The molecule has 140 valence electrons. The number of nitrogens with zero attached hydrogens (tertiary/aromatic N) is 5. The lowest BCUT2D eigenvalue weighted by atomic mass is 10.2. The predicted octanol–water partition coefficient (Wildman–Crippen LogP) is 2.24. The number of fused-ring (bicyclic) bond motifs is 1. The third-order valence-corrected chi connectivity index (χ3v) is 4.54. The minimum Gasteiger partial charge on any atom is -0.340 e. The van der Waals surface area contributed by atoms with E-state index in [1.165, 1.54) is 10.9 Å². The van der Waals surface area contributed by atoms with Gasteiger partial charge in [0.25, 0.3) is 5.56 Å². The second kappa shape index (κ2) is 7.48. The highest BCUT2D eigenvalue weighted by Crippen LogP contribution is 2.10. The van der Waals surface area contributed by atoms with Crippen LogP contribution in [0.25, 0.3) is 16.6 Å². The van der Waals surface area contributed by atoms with E-state index in [0.29, 0.717) is 17.4 Å². The van der Waals surface area contributed by atoms with Crippen LogP contribution in [0.3, 0.4) is 0 Å². The van der Waals surface area contributed by atoms with Gasteiger partial charge in [0.15, 0.2) is 0 Å². The van der Waals surface area contributed by atoms with Gasteiger partial charge in [0.2, 0.25) is 5.91 Å². The van der Waals surface area contributed by atoms with Gasteiger partial charge in [-0.1, -0.05) is 30.3 Å². The zero-order valence-corrected chi connectivity index (χ0v) is 15.4. The number of amides is 1. The predicted molar refractivity (Wildman–Crippen MR) is 106 cm³/mol. The molecule has 2 aromatic heterocycles. The number of para-hydroxylation sites is 2. The van der Waals surface area contributed by atoms with Crippen molar-refractivity contribution in [3.8, 4) is 5.69 Å². The molecule has 0 saturated heterocycles. The van der Waals surface area contributed by atoms with Crippen LogP contribution in [0.2, 0.25) is 0 Å². The van der Waals surface area contributed by atoms with E-state index in [1.54, 1.807) is 41.0 Å². The number of aromatic nitrogens is 4. The topological polar surface area (TPSA) is 73.0 Å². The molecule has 7 heteroatoms. The van der Waals surface area contributed by atoms with Crippen molar-refractivity contribution < 1.29 is 4.79 Å². The zero-order valence-electron chi connectivity index (χ0n) is 15.4. The van der Waals surface area contributed by atoms with Crippen LogP contribution < -0.4 is 5.56 Å². The molecule has 28 heavy (non-hydrogen) atoms. The van der Waals surface area contributed by atoms with Crippen molar-refractivity contribution in [2.75, 3.05) is 7.05 Å². The molecular weight excluding hydrogens is 354 g/mol. The van der Waals surface area contributed by atoms with Crippen molar-refractivity contribution in [2.45, 2.75) is 13.1 Å². The van der Waals surface area contributed by atoms with Gasteiger partial charge in [0, 0.05) is 25.4 Å². The maximum absolute atomic E-state index is 12.6. The number of hydrogen-bond acceptors (Lipinski definition) is 4. The maximum atomic E-state index is 12.6. The summed E-state index contributed by atoms with van der Waals surface area (Å²) in [4.78, 5) is 31.0. The van der Waals surface area contributed by atoms with Gasteiger partial charge >= 0.3 is 0 Å². The average molecular weight is 373 g/mol. The third kappa shape index (κ3) is 3.55. The summed E-state index contributed by atoms with van der Waals surface area (Å²) in [6, 6.07) is 16.9. The summed E-state index contributed by atoms with van der Waals surface area (Å²) in [5, 5.41) is 4.85. The highest BCUT2D eigenvalue weighted by molar-refractivity contribution is 5.78. The fourth-order valence-electron chi connectivity index (χ4n) is 3.01. The van der Waals surface area contributed by atoms with Crippen LogP contribution in [-0.4, -0.2) is 37.2 Å². The smallest absolute Gasteiger partial charge is 0.261 e. The van der Waals surface area contributed by atoms with Gasteiger partial charge in [0.05, 0.1) is 29.1 Å². The summed E-state index contributed by atoms with van der Waals surface area (Å²) in [5.41, 5.74) is 2.27. The Kier molecular flexibility index (Phi) is 4.72. The molecule has 4 aromatic rings. The first-order valence-corrected chi connectivity index (χ1v) is 8.89. The number of hydrogen-bond donors (Lipinski definition) is 0. The van der Waals surface area contributed by atoms with Gasteiger partial charge in [-0.15, -0.1) is 0 Å². The van der Waals surface area contributed by atoms with E-state index in [9.17, 15) is 9.59 Å². The number of rotatable bonds is 5. The minimum atomic E-state index is -0.218. The van der Waals surface area contributed by atoms with Crippen molar-refractivity contribution in [1.82, 2.24) is 24.2 Å². The molecule has 2 heterocycles. The molecule has 0 aliphatic heterocycles. The zero-order chi connectivity index (χ0) is 19.5. The molecule has 0 aliphatic carbocycles. The Labute approximate surface area is 161 Å². The molecular formula is C21H19N5O2. The summed E-state index contributed by atoms with van der Waals surface area (Å²) < 4.78 is 3.11. The highest BCUT2D eigenvalue weighted by Gasteiger charge is 2.13. The summed E-state index contributed by atoms with van der Waals surface area (Å²) >= 11 is 0. The van der Waals surface area contributed by atoms with Crippen LogP contribution in [0.4, 0.5) is 0 Å². The molecule has 0 fully saturated rings. The maximum Gasteiger partial charge on any atom is 0.261 e. The second-order valence-electron chi connectivity index (χ2n) is 6.57. The molecule has 0 bridgehead atoms. The van der Waals surface area contributed by atoms with Crippen LogP contribution >= 0.6 is 0 Å². The van der Waals surface area contributed by atoms with Crippen molar-refractivity contribution in [1.29, 1.82) is 0 Å². The summed E-state index contributed by atoms with van der Waals surface area (Å²) in [6.45, 7) is 0.349. The first-order valence-electron chi connectivity index (χ1n) is 8.89. The Morgan fingerprint density at radius 1 is 1.07 bits per heavy atom. The van der Waals surface area contributed by atoms with Crippen LogP contribution in [0, 0.1) is 0 Å². The number of likely N-dealkylation sites (N-methyl/N-ethyl adjacent to an activating group) is 1. The highest BCUT2D eigenvalue weighted by atomic mass is 16.2. The molecule has 0 radical (unpaired) electrons. The van der Waals surface area contributed by atoms with Gasteiger partial charge in [-0.3, -0.25) is 14.2 Å². The van der Waals surface area contributed by atoms with Gasteiger partial charge in [-0.2, -0.15) is 5.10 Å². The van der Waals surface area contributed by atoms with Crippen molar-refractivity contribution >= 4 is 16.8 Å². The lowest BCUT2D eigenvalue weighted by molar-refractivity contribution is -0.131. The van der Waals surface area contributed by atoms with Gasteiger partial charge in [0.1, 0.15) is 6.54 Å². The summed E-state index contributed by atoms with van der Waals surface area (Å²) in [6.07, 6.45) is 5.05. The monoisotopic (exact) mass is 373 g/mol. The molecule has 0 saturated carbocycles. The molecule has 0 spiro atoms. The largest absolute Gasteiger partial charge is 0.340 e. The Hall–Kier alpha value is -3.74. The van der Waals surface area contributed by atoms with Crippen molar-refractivity contribution in [2.24, 2.45) is 0 Å². The molecule has 1 amide bonds. The van der Waals surface area contributed by atoms with Crippen LogP contribution in [0.5, 0.6) is 0 Å². The van der Waals surface area contributed by atoms with E-state index in [0.717, 1.165) is 11.3 Å². The third-order valence-electron chi connectivity index (χ3n) is 4.54. The normalized spacial score (nSPS) is 10.9. The molecule has 0 N–H and O–H groups in total. The summed E-state index contributed by atoms with van der Waals surface area (Å²) in [5.74, 6) is -0.174. The van der Waals surface area contributed by atoms with Crippen LogP contribution in [-0.2, 0) is 17.9 Å². The Morgan fingerprint density at radius 3 is 2.64 bits per heavy atom. The SMILES string of the molecule is CN(Cc1cnn(-c2ccccc2)c1)C(=O)Cn1cnc2ccccc2c1=O. The van der Waals surface area contributed by atoms with Gasteiger partial charge in [-0.05, 0) is 24.3 Å². The van der Waals surface area contributed by atoms with Gasteiger partial charge in [-0.25, -0.2) is 9.67 Å². The molecule has 0 atom stereocenters. The molecule has 7 nitrogen and oxygen atoms in total. The van der Waals surface area contributed by atoms with E-state index in [1.807, 2.05) is 42.6 Å². The lowest BCUT2D eigenvalue weighted by Gasteiger charge is -2.17. The Bertz CT molecular complexity index is 1180. The average Bonchev–Trinajstić information content (AvgIpc) is 3.19. The molecule has 0 aliphatic rings. The van der Waals surface area contributed by atoms with E-state index in [4.69, 9.17) is 0 Å².